The lowest BCUT2D eigenvalue weighted by atomic mass is 10.0. The number of aryl methyl sites for hydroxylation is 2. The van der Waals surface area contributed by atoms with Crippen LogP contribution in [0, 0.1) is 25.2 Å². The molecule has 0 bridgehead atoms. The molecule has 2 heterocycles. The Hall–Kier alpha value is -3.76. The van der Waals surface area contributed by atoms with Crippen molar-refractivity contribution in [1.29, 1.82) is 5.26 Å². The summed E-state index contributed by atoms with van der Waals surface area (Å²) in [5.41, 5.74) is 5.91. The minimum atomic E-state index is -1.11. The van der Waals surface area contributed by atoms with E-state index in [0.29, 0.717) is 30.1 Å². The van der Waals surface area contributed by atoms with Crippen molar-refractivity contribution >= 4 is 35.1 Å². The van der Waals surface area contributed by atoms with Crippen LogP contribution >= 0.6 is 11.8 Å². The van der Waals surface area contributed by atoms with Gasteiger partial charge in [-0.1, -0.05) is 47.5 Å². The molecule has 1 atom stereocenters. The van der Waals surface area contributed by atoms with Gasteiger partial charge in [-0.2, -0.15) is 5.26 Å². The van der Waals surface area contributed by atoms with Gasteiger partial charge in [0.15, 0.2) is 4.87 Å². The molecule has 170 valence electrons. The second kappa shape index (κ2) is 8.54. The Morgan fingerprint density at radius 1 is 1.09 bits per heavy atom. The molecule has 1 saturated heterocycles. The molecule has 1 spiro atoms. The Labute approximate surface area is 203 Å². The highest BCUT2D eigenvalue weighted by atomic mass is 32.2. The molecule has 3 amide bonds. The number of nitriles is 1. The van der Waals surface area contributed by atoms with E-state index in [1.54, 1.807) is 21.9 Å². The van der Waals surface area contributed by atoms with E-state index in [-0.39, 0.29) is 11.9 Å². The summed E-state index contributed by atoms with van der Waals surface area (Å²) in [6, 6.07) is 22.7. The molecule has 1 unspecified atom stereocenters. The molecule has 0 radical (unpaired) electrons. The van der Waals surface area contributed by atoms with Gasteiger partial charge in [-0.05, 0) is 49.7 Å². The molecule has 2 aliphatic rings. The lowest BCUT2D eigenvalue weighted by molar-refractivity contribution is -0.123. The number of amides is 3. The van der Waals surface area contributed by atoms with E-state index in [9.17, 15) is 14.9 Å². The maximum absolute atomic E-state index is 14.1. The van der Waals surface area contributed by atoms with Gasteiger partial charge in [0, 0.05) is 23.5 Å². The number of fused-ring (bicyclic) bond motifs is 2. The first-order valence-electron chi connectivity index (χ1n) is 11.1. The number of hydrogen-bond donors (Lipinski definition) is 1. The van der Waals surface area contributed by atoms with Gasteiger partial charge < -0.3 is 10.2 Å². The SMILES string of the molecule is Cc1ccc(NC(=O)N2CCSC23C(=O)N(Cc2cccc(C#N)c2)c2ccc(C)cc23)cc1. The van der Waals surface area contributed by atoms with Gasteiger partial charge in [-0.25, -0.2) is 4.79 Å². The van der Waals surface area contributed by atoms with Crippen LogP contribution in [0.4, 0.5) is 16.2 Å². The molecule has 1 N–H and O–H groups in total. The first-order chi connectivity index (χ1) is 16.4. The number of rotatable bonds is 3. The fourth-order valence-corrected chi connectivity index (χ4v) is 6.09. The van der Waals surface area contributed by atoms with Crippen LogP contribution in [0.25, 0.3) is 0 Å². The Balaban J connectivity index is 1.53. The molecule has 6 nitrogen and oxygen atoms in total. The first-order valence-corrected chi connectivity index (χ1v) is 12.1. The van der Waals surface area contributed by atoms with Crippen molar-refractivity contribution in [3.05, 3.63) is 94.5 Å². The Bertz CT molecular complexity index is 1330. The lowest BCUT2D eigenvalue weighted by Gasteiger charge is -2.33. The van der Waals surface area contributed by atoms with E-state index in [1.807, 2.05) is 68.4 Å². The lowest BCUT2D eigenvalue weighted by Crippen LogP contribution is -2.51. The Kier molecular flexibility index (Phi) is 5.54. The third kappa shape index (κ3) is 3.61. The van der Waals surface area contributed by atoms with E-state index < -0.39 is 4.87 Å². The average molecular weight is 469 g/mol. The molecule has 0 saturated carbocycles. The van der Waals surface area contributed by atoms with Crippen LogP contribution < -0.4 is 10.2 Å². The molecule has 0 aliphatic carbocycles. The molecule has 2 aliphatic heterocycles. The number of anilines is 2. The van der Waals surface area contributed by atoms with Gasteiger partial charge in [-0.15, -0.1) is 11.8 Å². The van der Waals surface area contributed by atoms with Gasteiger partial charge in [0.05, 0.1) is 23.9 Å². The number of carbonyl (C=O) groups excluding carboxylic acids is 2. The minimum Gasteiger partial charge on any atom is -0.308 e. The summed E-state index contributed by atoms with van der Waals surface area (Å²) in [5, 5.41) is 12.3. The maximum atomic E-state index is 14.1. The molecule has 5 rings (SSSR count). The Morgan fingerprint density at radius 3 is 2.62 bits per heavy atom. The molecule has 34 heavy (non-hydrogen) atoms. The maximum Gasteiger partial charge on any atom is 0.323 e. The zero-order valence-electron chi connectivity index (χ0n) is 19.0. The van der Waals surface area contributed by atoms with Crippen molar-refractivity contribution in [3.63, 3.8) is 0 Å². The van der Waals surface area contributed by atoms with Crippen molar-refractivity contribution in [2.45, 2.75) is 25.3 Å². The number of carbonyl (C=O) groups is 2. The Morgan fingerprint density at radius 2 is 1.85 bits per heavy atom. The largest absolute Gasteiger partial charge is 0.323 e. The second-order valence-electron chi connectivity index (χ2n) is 8.66. The fraction of sp³-hybridized carbons (Fsp3) is 0.222. The predicted octanol–water partition coefficient (Wildman–Crippen LogP) is 5.16. The number of nitrogens with zero attached hydrogens (tertiary/aromatic N) is 3. The molecule has 0 aromatic heterocycles. The zero-order chi connectivity index (χ0) is 23.9. The zero-order valence-corrected chi connectivity index (χ0v) is 19.9. The third-order valence-corrected chi connectivity index (χ3v) is 7.71. The topological polar surface area (TPSA) is 76.4 Å². The highest BCUT2D eigenvalue weighted by molar-refractivity contribution is 8.01. The van der Waals surface area contributed by atoms with E-state index in [2.05, 4.69) is 11.4 Å². The summed E-state index contributed by atoms with van der Waals surface area (Å²) < 4.78 is 0. The minimum absolute atomic E-state index is 0.128. The van der Waals surface area contributed by atoms with Gasteiger partial charge in [-0.3, -0.25) is 9.69 Å². The quantitative estimate of drug-likeness (QED) is 0.576. The van der Waals surface area contributed by atoms with Crippen molar-refractivity contribution in [3.8, 4) is 6.07 Å². The van der Waals surface area contributed by atoms with Gasteiger partial charge >= 0.3 is 6.03 Å². The smallest absolute Gasteiger partial charge is 0.308 e. The van der Waals surface area contributed by atoms with Gasteiger partial charge in [0.25, 0.3) is 5.91 Å². The monoisotopic (exact) mass is 468 g/mol. The summed E-state index contributed by atoms with van der Waals surface area (Å²) in [5.74, 6) is 0.537. The van der Waals surface area contributed by atoms with Crippen LogP contribution in [-0.2, 0) is 16.2 Å². The summed E-state index contributed by atoms with van der Waals surface area (Å²) in [6.07, 6.45) is 0. The van der Waals surface area contributed by atoms with E-state index in [4.69, 9.17) is 0 Å². The number of benzene rings is 3. The predicted molar refractivity (Wildman–Crippen MR) is 135 cm³/mol. The molecular weight excluding hydrogens is 444 g/mol. The highest BCUT2D eigenvalue weighted by Gasteiger charge is 2.59. The molecule has 3 aromatic carbocycles. The average Bonchev–Trinajstić information content (AvgIpc) is 3.38. The summed E-state index contributed by atoms with van der Waals surface area (Å²) >= 11 is 1.50. The summed E-state index contributed by atoms with van der Waals surface area (Å²) in [6.45, 7) is 4.79. The molecule has 1 fully saturated rings. The first kappa shape index (κ1) is 22.1. The van der Waals surface area contributed by atoms with Crippen LogP contribution in [0.2, 0.25) is 0 Å². The van der Waals surface area contributed by atoms with E-state index in [1.165, 1.54) is 11.8 Å². The van der Waals surface area contributed by atoms with Crippen LogP contribution in [0.15, 0.2) is 66.7 Å². The van der Waals surface area contributed by atoms with Crippen molar-refractivity contribution in [2.75, 3.05) is 22.5 Å². The highest BCUT2D eigenvalue weighted by Crippen LogP contribution is 2.54. The van der Waals surface area contributed by atoms with Gasteiger partial charge in [0.2, 0.25) is 0 Å². The second-order valence-corrected chi connectivity index (χ2v) is 9.95. The van der Waals surface area contributed by atoms with E-state index >= 15 is 0 Å². The summed E-state index contributed by atoms with van der Waals surface area (Å²) in [4.78, 5) is 29.8. The fourth-order valence-electron chi connectivity index (χ4n) is 4.64. The number of hydrogen-bond acceptors (Lipinski definition) is 4. The third-order valence-electron chi connectivity index (χ3n) is 6.29. The van der Waals surface area contributed by atoms with Crippen molar-refractivity contribution < 1.29 is 9.59 Å². The van der Waals surface area contributed by atoms with Crippen molar-refractivity contribution in [2.24, 2.45) is 0 Å². The molecular formula is C27H24N4O2S. The van der Waals surface area contributed by atoms with Crippen LogP contribution in [0.1, 0.15) is 27.8 Å². The van der Waals surface area contributed by atoms with Crippen LogP contribution in [-0.4, -0.2) is 29.1 Å². The number of thioether (sulfide) groups is 1. The normalized spacial score (nSPS) is 18.8. The number of urea groups is 1. The van der Waals surface area contributed by atoms with Crippen LogP contribution in [0.5, 0.6) is 0 Å². The molecule has 7 heteroatoms. The molecule has 3 aromatic rings. The van der Waals surface area contributed by atoms with Crippen molar-refractivity contribution in [1.82, 2.24) is 4.90 Å². The summed E-state index contributed by atoms with van der Waals surface area (Å²) in [7, 11) is 0. The van der Waals surface area contributed by atoms with Gasteiger partial charge in [0.1, 0.15) is 0 Å². The van der Waals surface area contributed by atoms with Crippen LogP contribution in [0.3, 0.4) is 0 Å². The number of nitrogens with one attached hydrogen (secondary N) is 1. The standard InChI is InChI=1S/C27H24N4O2S/c1-18-6-9-22(10-7-18)29-26(33)31-12-13-34-27(31)23-14-19(2)8-11-24(23)30(25(27)32)17-21-5-3-4-20(15-21)16-28/h3-11,14-15H,12-13,17H2,1-2H3,(H,29,33). The van der Waals surface area contributed by atoms with E-state index in [0.717, 1.165) is 27.9 Å².